The van der Waals surface area contributed by atoms with E-state index < -0.39 is 0 Å². The molecular weight excluding hydrogens is 322 g/mol. The Labute approximate surface area is 152 Å². The summed E-state index contributed by atoms with van der Waals surface area (Å²) in [6, 6.07) is 25.4. The van der Waals surface area contributed by atoms with E-state index in [1.807, 2.05) is 61.5 Å². The molecule has 1 aromatic heterocycles. The van der Waals surface area contributed by atoms with E-state index in [4.69, 9.17) is 0 Å². The number of aromatic nitrogens is 2. The summed E-state index contributed by atoms with van der Waals surface area (Å²) >= 11 is 0. The van der Waals surface area contributed by atoms with Crippen molar-refractivity contribution in [2.75, 3.05) is 5.32 Å². The number of imidazole rings is 1. The van der Waals surface area contributed by atoms with Gasteiger partial charge >= 0.3 is 0 Å². The standard InChI is InChI=1S/C22H19N3O/c1-16-23-20-14-19(24-22(26)18-10-6-3-7-11-18)12-13-21(20)25(16)15-17-8-4-2-5-9-17/h2-14H,15H2,1H3,(H,24,26). The van der Waals surface area contributed by atoms with Crippen LogP contribution in [0, 0.1) is 6.92 Å². The van der Waals surface area contributed by atoms with Gasteiger partial charge in [-0.15, -0.1) is 0 Å². The maximum Gasteiger partial charge on any atom is 0.255 e. The number of carbonyl (C=O) groups is 1. The van der Waals surface area contributed by atoms with Crippen LogP contribution < -0.4 is 5.32 Å². The number of aryl methyl sites for hydroxylation is 1. The van der Waals surface area contributed by atoms with Gasteiger partial charge in [0, 0.05) is 17.8 Å². The fourth-order valence-electron chi connectivity index (χ4n) is 3.09. The first-order chi connectivity index (χ1) is 12.7. The fraction of sp³-hybridized carbons (Fsp3) is 0.0909. The van der Waals surface area contributed by atoms with Gasteiger partial charge < -0.3 is 9.88 Å². The third kappa shape index (κ3) is 3.22. The maximum absolute atomic E-state index is 12.3. The molecule has 26 heavy (non-hydrogen) atoms. The van der Waals surface area contributed by atoms with E-state index in [9.17, 15) is 4.79 Å². The summed E-state index contributed by atoms with van der Waals surface area (Å²) in [4.78, 5) is 17.0. The van der Waals surface area contributed by atoms with Gasteiger partial charge in [-0.3, -0.25) is 4.79 Å². The molecule has 0 radical (unpaired) electrons. The Hall–Kier alpha value is -3.40. The first-order valence-corrected chi connectivity index (χ1v) is 8.58. The second-order valence-electron chi connectivity index (χ2n) is 6.25. The van der Waals surface area contributed by atoms with Crippen molar-refractivity contribution in [1.82, 2.24) is 9.55 Å². The molecule has 0 aliphatic rings. The van der Waals surface area contributed by atoms with Crippen LogP contribution in [0.3, 0.4) is 0 Å². The highest BCUT2D eigenvalue weighted by molar-refractivity contribution is 6.04. The van der Waals surface area contributed by atoms with E-state index >= 15 is 0 Å². The molecule has 0 saturated heterocycles. The van der Waals surface area contributed by atoms with Crippen molar-refractivity contribution in [2.45, 2.75) is 13.5 Å². The van der Waals surface area contributed by atoms with Crippen LogP contribution in [0.2, 0.25) is 0 Å². The van der Waals surface area contributed by atoms with Crippen molar-refractivity contribution in [2.24, 2.45) is 0 Å². The highest BCUT2D eigenvalue weighted by Crippen LogP contribution is 2.22. The molecule has 4 aromatic rings. The van der Waals surface area contributed by atoms with E-state index in [1.165, 1.54) is 5.56 Å². The molecule has 4 rings (SSSR count). The molecule has 0 saturated carbocycles. The lowest BCUT2D eigenvalue weighted by atomic mass is 10.2. The van der Waals surface area contributed by atoms with Gasteiger partial charge in [0.1, 0.15) is 5.82 Å². The maximum atomic E-state index is 12.3. The molecule has 4 heteroatoms. The quantitative estimate of drug-likeness (QED) is 0.587. The molecule has 0 spiro atoms. The van der Waals surface area contributed by atoms with Gasteiger partial charge in [0.2, 0.25) is 0 Å². The Morgan fingerprint density at radius 1 is 0.962 bits per heavy atom. The number of fused-ring (bicyclic) bond motifs is 1. The lowest BCUT2D eigenvalue weighted by molar-refractivity contribution is 0.102. The van der Waals surface area contributed by atoms with Gasteiger partial charge in [-0.05, 0) is 42.8 Å². The molecule has 0 aliphatic heterocycles. The van der Waals surface area contributed by atoms with Crippen LogP contribution in [-0.4, -0.2) is 15.5 Å². The molecule has 1 heterocycles. The second kappa shape index (κ2) is 6.84. The van der Waals surface area contributed by atoms with Gasteiger partial charge in [-0.2, -0.15) is 0 Å². The van der Waals surface area contributed by atoms with Crippen LogP contribution in [0.25, 0.3) is 11.0 Å². The number of rotatable bonds is 4. The van der Waals surface area contributed by atoms with E-state index in [-0.39, 0.29) is 5.91 Å². The summed E-state index contributed by atoms with van der Waals surface area (Å²) < 4.78 is 2.19. The van der Waals surface area contributed by atoms with Crippen molar-refractivity contribution < 1.29 is 4.79 Å². The van der Waals surface area contributed by atoms with Gasteiger partial charge in [-0.25, -0.2) is 4.98 Å². The van der Waals surface area contributed by atoms with Gasteiger partial charge in [0.15, 0.2) is 0 Å². The summed E-state index contributed by atoms with van der Waals surface area (Å²) in [6.07, 6.45) is 0. The Bertz CT molecular complexity index is 1050. The normalized spacial score (nSPS) is 10.8. The third-order valence-electron chi connectivity index (χ3n) is 4.42. The van der Waals surface area contributed by atoms with Crippen molar-refractivity contribution in [3.8, 4) is 0 Å². The molecule has 0 bridgehead atoms. The molecule has 128 valence electrons. The monoisotopic (exact) mass is 341 g/mol. The number of carbonyl (C=O) groups excluding carboxylic acids is 1. The average Bonchev–Trinajstić information content (AvgIpc) is 2.98. The molecule has 0 unspecified atom stereocenters. The summed E-state index contributed by atoms with van der Waals surface area (Å²) in [6.45, 7) is 2.78. The average molecular weight is 341 g/mol. The predicted octanol–water partition coefficient (Wildman–Crippen LogP) is 4.65. The SMILES string of the molecule is Cc1nc2cc(NC(=O)c3ccccc3)ccc2n1Cc1ccccc1. The molecule has 3 aromatic carbocycles. The van der Waals surface area contributed by atoms with Gasteiger partial charge in [-0.1, -0.05) is 48.5 Å². The van der Waals surface area contributed by atoms with Crippen LogP contribution in [0.4, 0.5) is 5.69 Å². The first kappa shape index (κ1) is 16.1. The van der Waals surface area contributed by atoms with Crippen LogP contribution in [0.15, 0.2) is 78.9 Å². The van der Waals surface area contributed by atoms with Gasteiger partial charge in [0.25, 0.3) is 5.91 Å². The summed E-state index contributed by atoms with van der Waals surface area (Å²) in [7, 11) is 0. The fourth-order valence-corrected chi connectivity index (χ4v) is 3.09. The number of hydrogen-bond acceptors (Lipinski definition) is 2. The van der Waals surface area contributed by atoms with E-state index in [1.54, 1.807) is 12.1 Å². The number of benzene rings is 3. The summed E-state index contributed by atoms with van der Waals surface area (Å²) in [5.41, 5.74) is 4.55. The number of nitrogens with one attached hydrogen (secondary N) is 1. The minimum atomic E-state index is -0.120. The number of anilines is 1. The molecule has 1 N–H and O–H groups in total. The van der Waals surface area contributed by atoms with Crippen LogP contribution in [0.5, 0.6) is 0 Å². The van der Waals surface area contributed by atoms with Gasteiger partial charge in [0.05, 0.1) is 11.0 Å². The van der Waals surface area contributed by atoms with E-state index in [0.29, 0.717) is 5.56 Å². The van der Waals surface area contributed by atoms with Crippen molar-refractivity contribution >= 4 is 22.6 Å². The minimum Gasteiger partial charge on any atom is -0.324 e. The topological polar surface area (TPSA) is 46.9 Å². The van der Waals surface area contributed by atoms with E-state index in [0.717, 1.165) is 29.1 Å². The Balaban J connectivity index is 1.61. The summed E-state index contributed by atoms with van der Waals surface area (Å²) in [5, 5.41) is 2.94. The van der Waals surface area contributed by atoms with Crippen molar-refractivity contribution in [1.29, 1.82) is 0 Å². The van der Waals surface area contributed by atoms with E-state index in [2.05, 4.69) is 27.0 Å². The lowest BCUT2D eigenvalue weighted by Gasteiger charge is -2.08. The molecule has 4 nitrogen and oxygen atoms in total. The predicted molar refractivity (Wildman–Crippen MR) is 104 cm³/mol. The zero-order chi connectivity index (χ0) is 17.9. The smallest absolute Gasteiger partial charge is 0.255 e. The largest absolute Gasteiger partial charge is 0.324 e. The molecular formula is C22H19N3O. The highest BCUT2D eigenvalue weighted by Gasteiger charge is 2.10. The zero-order valence-electron chi connectivity index (χ0n) is 14.5. The molecule has 1 amide bonds. The number of amides is 1. The molecule has 0 aliphatic carbocycles. The number of hydrogen-bond donors (Lipinski definition) is 1. The van der Waals surface area contributed by atoms with Crippen LogP contribution in [0.1, 0.15) is 21.7 Å². The highest BCUT2D eigenvalue weighted by atomic mass is 16.1. The first-order valence-electron chi connectivity index (χ1n) is 8.58. The molecule has 0 atom stereocenters. The number of nitrogens with zero attached hydrogens (tertiary/aromatic N) is 2. The molecule has 0 fully saturated rings. The zero-order valence-corrected chi connectivity index (χ0v) is 14.5. The van der Waals surface area contributed by atoms with Crippen molar-refractivity contribution in [3.63, 3.8) is 0 Å². The second-order valence-corrected chi connectivity index (χ2v) is 6.25. The van der Waals surface area contributed by atoms with Crippen LogP contribution in [-0.2, 0) is 6.54 Å². The van der Waals surface area contributed by atoms with Crippen LogP contribution >= 0.6 is 0 Å². The third-order valence-corrected chi connectivity index (χ3v) is 4.42. The Kier molecular flexibility index (Phi) is 4.23. The Morgan fingerprint density at radius 3 is 2.38 bits per heavy atom. The lowest BCUT2D eigenvalue weighted by Crippen LogP contribution is -2.11. The summed E-state index contributed by atoms with van der Waals surface area (Å²) in [5.74, 6) is 0.834. The Morgan fingerprint density at radius 2 is 1.65 bits per heavy atom. The van der Waals surface area contributed by atoms with Crippen molar-refractivity contribution in [3.05, 3.63) is 95.8 Å². The minimum absolute atomic E-state index is 0.120.